The van der Waals surface area contributed by atoms with Crippen LogP contribution in [0.1, 0.15) is 16.8 Å². The number of alkyl halides is 4. The van der Waals surface area contributed by atoms with E-state index in [1.165, 1.54) is 12.1 Å². The molecule has 0 radical (unpaired) electrons. The molecular formula is C12H8Cl2F4N2O2. The average molecular weight is 359 g/mol. The molecule has 1 aliphatic rings. The quantitative estimate of drug-likeness (QED) is 0.841. The van der Waals surface area contributed by atoms with Crippen LogP contribution in [0.4, 0.5) is 17.6 Å². The Bertz CT molecular complexity index is 642. The lowest BCUT2D eigenvalue weighted by molar-refractivity contribution is -0.164. The summed E-state index contributed by atoms with van der Waals surface area (Å²) in [6.07, 6.45) is -7.83. The highest BCUT2D eigenvalue weighted by molar-refractivity contribution is 6.36. The fourth-order valence-electron chi connectivity index (χ4n) is 1.88. The number of carbonyl (C=O) groups is 1. The summed E-state index contributed by atoms with van der Waals surface area (Å²) in [5.41, 5.74) is -4.46. The van der Waals surface area contributed by atoms with E-state index in [1.807, 2.05) is 0 Å². The summed E-state index contributed by atoms with van der Waals surface area (Å²) in [7, 11) is 0. The van der Waals surface area contributed by atoms with Crippen LogP contribution in [0.25, 0.3) is 0 Å². The molecule has 1 aromatic carbocycles. The van der Waals surface area contributed by atoms with Crippen molar-refractivity contribution < 1.29 is 27.5 Å². The third kappa shape index (κ3) is 2.90. The smallest absolute Gasteiger partial charge is 0.287 e. The lowest BCUT2D eigenvalue weighted by Crippen LogP contribution is -2.51. The van der Waals surface area contributed by atoms with Crippen molar-refractivity contribution >= 4 is 34.8 Å². The molecule has 22 heavy (non-hydrogen) atoms. The van der Waals surface area contributed by atoms with Crippen molar-refractivity contribution in [1.29, 1.82) is 0 Å². The van der Waals surface area contributed by atoms with Gasteiger partial charge < -0.3 is 5.11 Å². The zero-order chi connectivity index (χ0) is 16.7. The predicted molar refractivity (Wildman–Crippen MR) is 71.6 cm³/mol. The Morgan fingerprint density at radius 3 is 2.45 bits per heavy atom. The van der Waals surface area contributed by atoms with Crippen LogP contribution >= 0.6 is 23.2 Å². The number of nitrogens with zero attached hydrogens (tertiary/aromatic N) is 2. The molecule has 0 unspecified atom stereocenters. The summed E-state index contributed by atoms with van der Waals surface area (Å²) in [6.45, 7) is 0. The Hall–Kier alpha value is -1.38. The van der Waals surface area contributed by atoms with Crippen LogP contribution in [0.15, 0.2) is 23.3 Å². The largest absolute Gasteiger partial charge is 0.364 e. The molecule has 1 aromatic rings. The first-order chi connectivity index (χ1) is 10.2. The molecule has 10 heteroatoms. The van der Waals surface area contributed by atoms with Gasteiger partial charge in [0, 0.05) is 11.4 Å². The number of halogens is 6. The van der Waals surface area contributed by atoms with Crippen LogP contribution in [0, 0.1) is 0 Å². The fourth-order valence-corrected chi connectivity index (χ4v) is 2.37. The summed E-state index contributed by atoms with van der Waals surface area (Å²) in [5.74, 6) is -1.24. The molecule has 0 saturated carbocycles. The van der Waals surface area contributed by atoms with Gasteiger partial charge in [0.15, 0.2) is 0 Å². The first kappa shape index (κ1) is 17.0. The van der Waals surface area contributed by atoms with Gasteiger partial charge in [0.1, 0.15) is 5.71 Å². The van der Waals surface area contributed by atoms with E-state index in [0.717, 1.165) is 6.07 Å². The number of hydrogen-bond donors (Lipinski definition) is 1. The van der Waals surface area contributed by atoms with Gasteiger partial charge in [-0.05, 0) is 18.2 Å². The lowest BCUT2D eigenvalue weighted by Gasteiger charge is -2.30. The molecule has 0 aliphatic carbocycles. The topological polar surface area (TPSA) is 52.9 Å². The van der Waals surface area contributed by atoms with Crippen molar-refractivity contribution in [3.8, 4) is 0 Å². The maximum absolute atomic E-state index is 13.0. The highest BCUT2D eigenvalue weighted by Crippen LogP contribution is 2.35. The highest BCUT2D eigenvalue weighted by atomic mass is 35.5. The molecule has 4 nitrogen and oxygen atoms in total. The number of rotatable bonds is 3. The second kappa shape index (κ2) is 6.02. The van der Waals surface area contributed by atoms with Crippen molar-refractivity contribution in [2.45, 2.75) is 25.0 Å². The van der Waals surface area contributed by atoms with Crippen molar-refractivity contribution in [1.82, 2.24) is 5.01 Å². The number of amides is 1. The minimum atomic E-state index is -3.50. The van der Waals surface area contributed by atoms with Gasteiger partial charge in [0.25, 0.3) is 18.8 Å². The molecule has 1 heterocycles. The van der Waals surface area contributed by atoms with Crippen LogP contribution in [0.2, 0.25) is 10.0 Å². The molecule has 0 spiro atoms. The van der Waals surface area contributed by atoms with Gasteiger partial charge in [0.05, 0.1) is 10.6 Å². The van der Waals surface area contributed by atoms with Crippen LogP contribution in [0.5, 0.6) is 0 Å². The Kier molecular flexibility index (Phi) is 4.65. The summed E-state index contributed by atoms with van der Waals surface area (Å²) >= 11 is 11.4. The number of hydrogen-bond acceptors (Lipinski definition) is 3. The molecular weight excluding hydrogens is 351 g/mol. The van der Waals surface area contributed by atoms with Gasteiger partial charge in [-0.2, -0.15) is 10.1 Å². The second-order valence-corrected chi connectivity index (χ2v) is 5.33. The van der Waals surface area contributed by atoms with Gasteiger partial charge in [-0.25, -0.2) is 17.6 Å². The van der Waals surface area contributed by atoms with Crippen molar-refractivity contribution in [2.75, 3.05) is 0 Å². The normalized spacial score (nSPS) is 21.7. The standard InChI is InChI=1S/C12H8Cl2F4N2O2/c13-5-1-2-6(7(14)3-5)10(21)20-12(22,11(17)18)4-8(19-20)9(15)16/h1-3,9,11,22H,4H2/t12-/m0/s1. The van der Waals surface area contributed by atoms with Crippen LogP contribution in [-0.2, 0) is 0 Å². The van der Waals surface area contributed by atoms with E-state index in [2.05, 4.69) is 5.10 Å². The number of hydrazone groups is 1. The molecule has 2 rings (SSSR count). The van der Waals surface area contributed by atoms with E-state index >= 15 is 0 Å². The van der Waals surface area contributed by atoms with Gasteiger partial charge in [-0.3, -0.25) is 4.79 Å². The molecule has 1 N–H and O–H groups in total. The minimum absolute atomic E-state index is 0.0612. The molecule has 1 atom stereocenters. The Labute approximate surface area is 131 Å². The summed E-state index contributed by atoms with van der Waals surface area (Å²) in [6, 6.07) is 3.55. The Morgan fingerprint density at radius 2 is 1.95 bits per heavy atom. The van der Waals surface area contributed by atoms with Gasteiger partial charge in [0.2, 0.25) is 5.72 Å². The van der Waals surface area contributed by atoms with Gasteiger partial charge in [-0.15, -0.1) is 0 Å². The van der Waals surface area contributed by atoms with E-state index in [9.17, 15) is 27.5 Å². The molecule has 0 saturated heterocycles. The fraction of sp³-hybridized carbons (Fsp3) is 0.333. The number of carbonyl (C=O) groups excluding carboxylic acids is 1. The first-order valence-electron chi connectivity index (χ1n) is 5.82. The SMILES string of the molecule is O=C(c1ccc(Cl)cc1Cl)N1N=C(C(F)F)C[C@]1(O)C(F)F. The maximum atomic E-state index is 13.0. The summed E-state index contributed by atoms with van der Waals surface area (Å²) < 4.78 is 51.4. The van der Waals surface area contributed by atoms with Crippen molar-refractivity contribution in [3.05, 3.63) is 33.8 Å². The minimum Gasteiger partial charge on any atom is -0.364 e. The van der Waals surface area contributed by atoms with Crippen LogP contribution in [-0.4, -0.2) is 40.3 Å². The van der Waals surface area contributed by atoms with Crippen molar-refractivity contribution in [2.24, 2.45) is 5.10 Å². The first-order valence-corrected chi connectivity index (χ1v) is 6.58. The molecule has 0 bridgehead atoms. The van der Waals surface area contributed by atoms with Crippen molar-refractivity contribution in [3.63, 3.8) is 0 Å². The van der Waals surface area contributed by atoms with E-state index in [-0.39, 0.29) is 20.6 Å². The monoisotopic (exact) mass is 358 g/mol. The van der Waals surface area contributed by atoms with Gasteiger partial charge >= 0.3 is 0 Å². The molecule has 1 aliphatic heterocycles. The molecule has 0 aromatic heterocycles. The van der Waals surface area contributed by atoms with E-state index in [4.69, 9.17) is 23.2 Å². The van der Waals surface area contributed by atoms with E-state index in [1.54, 1.807) is 0 Å². The van der Waals surface area contributed by atoms with Crippen LogP contribution < -0.4 is 0 Å². The maximum Gasteiger partial charge on any atom is 0.287 e. The Balaban J connectivity index is 2.44. The van der Waals surface area contributed by atoms with Crippen LogP contribution in [0.3, 0.4) is 0 Å². The molecule has 0 fully saturated rings. The average Bonchev–Trinajstić information content (AvgIpc) is 2.78. The highest BCUT2D eigenvalue weighted by Gasteiger charge is 2.53. The predicted octanol–water partition coefficient (Wildman–Crippen LogP) is 3.41. The summed E-state index contributed by atoms with van der Waals surface area (Å²) in [4.78, 5) is 12.2. The Morgan fingerprint density at radius 1 is 1.32 bits per heavy atom. The number of aliphatic hydroxyl groups is 1. The number of benzene rings is 1. The molecule has 1 amide bonds. The lowest BCUT2D eigenvalue weighted by atomic mass is 10.1. The van der Waals surface area contributed by atoms with E-state index < -0.39 is 36.6 Å². The van der Waals surface area contributed by atoms with Gasteiger partial charge in [-0.1, -0.05) is 23.2 Å². The zero-order valence-electron chi connectivity index (χ0n) is 10.6. The zero-order valence-corrected chi connectivity index (χ0v) is 12.1. The third-order valence-corrected chi connectivity index (χ3v) is 3.54. The molecule has 120 valence electrons. The second-order valence-electron chi connectivity index (χ2n) is 4.49. The van der Waals surface area contributed by atoms with E-state index in [0.29, 0.717) is 0 Å². The third-order valence-electron chi connectivity index (χ3n) is 2.99. The summed E-state index contributed by atoms with van der Waals surface area (Å²) in [5, 5.41) is 12.9.